The van der Waals surface area contributed by atoms with Crippen LogP contribution >= 0.6 is 0 Å². The minimum atomic E-state index is -1.39. The third kappa shape index (κ3) is 8.60. The quantitative estimate of drug-likeness (QED) is 0.253. The minimum absolute atomic E-state index is 0.00874. The normalized spacial score (nSPS) is 13.4. The molecule has 0 aliphatic heterocycles. The first kappa shape index (κ1) is 29.3. The van der Waals surface area contributed by atoms with Crippen molar-refractivity contribution in [1.82, 2.24) is 0 Å². The minimum Gasteiger partial charge on any atom is -0.480 e. The predicted octanol–water partition coefficient (Wildman–Crippen LogP) is 4.16. The number of carbonyl (C=O) groups excluding carboxylic acids is 3. The van der Waals surface area contributed by atoms with Gasteiger partial charge in [0.25, 0.3) is 0 Å². The number of aliphatic carboxylic acids is 1. The molecule has 0 amide bonds. The molecular formula is C27H33NO9. The van der Waals surface area contributed by atoms with Gasteiger partial charge in [-0.1, -0.05) is 58.9 Å². The largest absolute Gasteiger partial charge is 0.513 e. The van der Waals surface area contributed by atoms with Crippen molar-refractivity contribution < 1.29 is 43.2 Å². The maximum Gasteiger partial charge on any atom is 0.513 e. The van der Waals surface area contributed by atoms with Crippen LogP contribution in [-0.4, -0.2) is 41.8 Å². The highest BCUT2D eigenvalue weighted by Gasteiger charge is 2.33. The molecule has 3 atom stereocenters. The Morgan fingerprint density at radius 3 is 1.92 bits per heavy atom. The lowest BCUT2D eigenvalue weighted by atomic mass is 9.82. The Morgan fingerprint density at radius 1 is 0.811 bits per heavy atom. The molecule has 0 aromatic heterocycles. The molecule has 10 heteroatoms. The first-order valence-corrected chi connectivity index (χ1v) is 11.9. The maximum atomic E-state index is 12.3. The molecule has 200 valence electrons. The molecule has 2 rings (SSSR count). The van der Waals surface area contributed by atoms with Crippen LogP contribution in [0.1, 0.15) is 46.1 Å². The number of nitrogens with two attached hydrogens (primary N) is 1. The molecule has 0 saturated carbocycles. The van der Waals surface area contributed by atoms with Crippen LogP contribution in [0.2, 0.25) is 0 Å². The number of carboxylic acids is 1. The predicted molar refractivity (Wildman–Crippen MR) is 133 cm³/mol. The Morgan fingerprint density at radius 2 is 1.38 bits per heavy atom. The van der Waals surface area contributed by atoms with E-state index in [1.54, 1.807) is 65.0 Å². The summed E-state index contributed by atoms with van der Waals surface area (Å²) in [6, 6.07) is 11.3. The van der Waals surface area contributed by atoms with Crippen LogP contribution in [-0.2, 0) is 19.1 Å². The molecule has 0 spiro atoms. The van der Waals surface area contributed by atoms with Gasteiger partial charge >= 0.3 is 24.1 Å². The fourth-order valence-corrected chi connectivity index (χ4v) is 3.31. The van der Waals surface area contributed by atoms with Crippen LogP contribution in [0.5, 0.6) is 17.2 Å². The summed E-state index contributed by atoms with van der Waals surface area (Å²) >= 11 is 0. The average molecular weight is 516 g/mol. The standard InChI is InChI=1S/C27H33NO9/c1-15(2)25(31)36-20-12-11-18(13-21(20)37-26(32)16(3)4)22(23(28)24(29)30)17(5)14-34-27(33)35-19-9-7-6-8-10-19/h6-13,15-17,22-23H,14,28H2,1-5H3,(H,29,30)/t17?,22?,23-/m0/s1. The molecule has 37 heavy (non-hydrogen) atoms. The molecule has 0 aliphatic rings. The van der Waals surface area contributed by atoms with Crippen molar-refractivity contribution in [2.75, 3.05) is 6.61 Å². The molecule has 10 nitrogen and oxygen atoms in total. The monoisotopic (exact) mass is 515 g/mol. The van der Waals surface area contributed by atoms with E-state index in [9.17, 15) is 24.3 Å². The number of carbonyl (C=O) groups is 4. The first-order chi connectivity index (χ1) is 17.4. The smallest absolute Gasteiger partial charge is 0.480 e. The summed E-state index contributed by atoms with van der Waals surface area (Å²) in [5.41, 5.74) is 6.40. The number of ether oxygens (including phenoxy) is 4. The van der Waals surface area contributed by atoms with Crippen molar-refractivity contribution in [2.45, 2.75) is 46.6 Å². The molecule has 2 aromatic rings. The highest BCUT2D eigenvalue weighted by molar-refractivity contribution is 5.78. The Hall–Kier alpha value is -3.92. The second-order valence-corrected chi connectivity index (χ2v) is 9.20. The Bertz CT molecular complexity index is 1100. The summed E-state index contributed by atoms with van der Waals surface area (Å²) in [4.78, 5) is 48.4. The molecule has 0 saturated heterocycles. The molecular weight excluding hydrogens is 482 g/mol. The molecule has 0 radical (unpaired) electrons. The van der Waals surface area contributed by atoms with E-state index < -0.39 is 53.8 Å². The summed E-state index contributed by atoms with van der Waals surface area (Å²) in [5, 5.41) is 9.64. The zero-order valence-corrected chi connectivity index (χ0v) is 21.5. The van der Waals surface area contributed by atoms with Crippen LogP contribution in [0.25, 0.3) is 0 Å². The van der Waals surface area contributed by atoms with Crippen molar-refractivity contribution in [3.8, 4) is 17.2 Å². The highest BCUT2D eigenvalue weighted by atomic mass is 16.7. The number of hydrogen-bond acceptors (Lipinski definition) is 9. The van der Waals surface area contributed by atoms with Crippen LogP contribution < -0.4 is 19.9 Å². The van der Waals surface area contributed by atoms with Gasteiger partial charge in [-0.25, -0.2) is 4.79 Å². The van der Waals surface area contributed by atoms with Gasteiger partial charge in [-0.15, -0.1) is 0 Å². The first-order valence-electron chi connectivity index (χ1n) is 11.9. The summed E-state index contributed by atoms with van der Waals surface area (Å²) in [5.74, 6) is -4.50. The van der Waals surface area contributed by atoms with Gasteiger partial charge in [0.2, 0.25) is 0 Å². The van der Waals surface area contributed by atoms with E-state index in [0.29, 0.717) is 11.3 Å². The van der Waals surface area contributed by atoms with E-state index in [-0.39, 0.29) is 18.1 Å². The second kappa shape index (κ2) is 13.4. The molecule has 0 heterocycles. The number of benzene rings is 2. The van der Waals surface area contributed by atoms with Gasteiger partial charge in [0.15, 0.2) is 11.5 Å². The SMILES string of the molecule is CC(C)C(=O)Oc1ccc(C(C(C)COC(=O)Oc2ccccc2)[C@H](N)C(=O)O)cc1OC(=O)C(C)C. The van der Waals surface area contributed by atoms with E-state index in [4.69, 9.17) is 24.7 Å². The number of para-hydroxylation sites is 1. The van der Waals surface area contributed by atoms with Gasteiger partial charge in [-0.05, 0) is 35.7 Å². The molecule has 2 aromatic carbocycles. The van der Waals surface area contributed by atoms with Crippen molar-refractivity contribution >= 4 is 24.1 Å². The van der Waals surface area contributed by atoms with E-state index >= 15 is 0 Å². The zero-order valence-electron chi connectivity index (χ0n) is 21.5. The van der Waals surface area contributed by atoms with Gasteiger partial charge in [0.05, 0.1) is 18.4 Å². The topological polar surface area (TPSA) is 151 Å². The fraction of sp³-hybridized carbons (Fsp3) is 0.407. The van der Waals surface area contributed by atoms with Crippen molar-refractivity contribution in [1.29, 1.82) is 0 Å². The van der Waals surface area contributed by atoms with E-state index in [0.717, 1.165) is 0 Å². The Kier molecular flexibility index (Phi) is 10.6. The number of hydrogen-bond donors (Lipinski definition) is 2. The third-order valence-corrected chi connectivity index (χ3v) is 5.41. The fourth-order valence-electron chi connectivity index (χ4n) is 3.31. The molecule has 0 bridgehead atoms. The van der Waals surface area contributed by atoms with Crippen LogP contribution in [0, 0.1) is 17.8 Å². The number of esters is 2. The molecule has 2 unspecified atom stereocenters. The highest BCUT2D eigenvalue weighted by Crippen LogP contribution is 2.36. The summed E-state index contributed by atoms with van der Waals surface area (Å²) in [6.07, 6.45) is -0.955. The van der Waals surface area contributed by atoms with Gasteiger partial charge < -0.3 is 29.8 Å². The van der Waals surface area contributed by atoms with Crippen molar-refractivity contribution in [3.63, 3.8) is 0 Å². The summed E-state index contributed by atoms with van der Waals surface area (Å²) in [7, 11) is 0. The van der Waals surface area contributed by atoms with Gasteiger partial charge in [-0.3, -0.25) is 14.4 Å². The van der Waals surface area contributed by atoms with Gasteiger partial charge in [0, 0.05) is 5.92 Å². The lowest BCUT2D eigenvalue weighted by Crippen LogP contribution is -2.40. The lowest BCUT2D eigenvalue weighted by molar-refractivity contribution is -0.140. The van der Waals surface area contributed by atoms with E-state index in [2.05, 4.69) is 0 Å². The second-order valence-electron chi connectivity index (χ2n) is 9.20. The van der Waals surface area contributed by atoms with Crippen molar-refractivity contribution in [3.05, 3.63) is 54.1 Å². The van der Waals surface area contributed by atoms with E-state index in [1.165, 1.54) is 18.2 Å². The van der Waals surface area contributed by atoms with Crippen LogP contribution in [0.3, 0.4) is 0 Å². The zero-order chi connectivity index (χ0) is 27.7. The Labute approximate surface area is 215 Å². The third-order valence-electron chi connectivity index (χ3n) is 5.41. The summed E-state index contributed by atoms with van der Waals surface area (Å²) in [6.45, 7) is 8.05. The number of carboxylic acid groups (broad SMARTS) is 1. The molecule has 0 fully saturated rings. The van der Waals surface area contributed by atoms with E-state index in [1.807, 2.05) is 0 Å². The number of rotatable bonds is 11. The average Bonchev–Trinajstić information content (AvgIpc) is 2.84. The van der Waals surface area contributed by atoms with Gasteiger partial charge in [0.1, 0.15) is 11.8 Å². The van der Waals surface area contributed by atoms with Crippen LogP contribution in [0.15, 0.2) is 48.5 Å². The Balaban J connectivity index is 2.33. The summed E-state index contributed by atoms with van der Waals surface area (Å²) < 4.78 is 21.1. The van der Waals surface area contributed by atoms with Gasteiger partial charge in [-0.2, -0.15) is 0 Å². The lowest BCUT2D eigenvalue weighted by Gasteiger charge is -2.28. The van der Waals surface area contributed by atoms with Crippen molar-refractivity contribution in [2.24, 2.45) is 23.5 Å². The molecule has 0 aliphatic carbocycles. The maximum absolute atomic E-state index is 12.3. The molecule has 3 N–H and O–H groups in total. The van der Waals surface area contributed by atoms with Crippen LogP contribution in [0.4, 0.5) is 4.79 Å².